The van der Waals surface area contributed by atoms with Gasteiger partial charge >= 0.3 is 0 Å². The van der Waals surface area contributed by atoms with Crippen LogP contribution >= 0.6 is 22.7 Å². The maximum absolute atomic E-state index is 11.0. The monoisotopic (exact) mass is 727 g/mol. The van der Waals surface area contributed by atoms with E-state index in [0.717, 1.165) is 41.7 Å². The van der Waals surface area contributed by atoms with Crippen LogP contribution < -0.4 is 0 Å². The van der Waals surface area contributed by atoms with E-state index >= 15 is 0 Å². The maximum atomic E-state index is 11.0. The molecule has 266 valence electrons. The van der Waals surface area contributed by atoms with Gasteiger partial charge in [0.2, 0.25) is 0 Å². The van der Waals surface area contributed by atoms with Gasteiger partial charge in [-0.15, -0.1) is 22.7 Å². The molecule has 0 bridgehead atoms. The minimum absolute atomic E-state index is 0.188. The summed E-state index contributed by atoms with van der Waals surface area (Å²) < 4.78 is 12.5. The van der Waals surface area contributed by atoms with E-state index in [-0.39, 0.29) is 21.9 Å². The molecule has 0 amide bonds. The Morgan fingerprint density at radius 3 is 1.40 bits per heavy atom. The molecule has 0 N–H and O–H groups in total. The topological polar surface area (TPSA) is 107 Å². The molecule has 2 aromatic heterocycles. The largest absolute Gasteiger partial charge is 0.417 e. The van der Waals surface area contributed by atoms with E-state index in [1.165, 1.54) is 22.7 Å². The lowest BCUT2D eigenvalue weighted by atomic mass is 9.74. The lowest BCUT2D eigenvalue weighted by Gasteiger charge is -2.36. The van der Waals surface area contributed by atoms with Crippen LogP contribution in [0.25, 0.3) is 0 Å². The Labute approximate surface area is 302 Å². The molecule has 2 rings (SSSR count). The molecule has 6 nitrogen and oxygen atoms in total. The Morgan fingerprint density at radius 2 is 1.10 bits per heavy atom. The highest BCUT2D eigenvalue weighted by molar-refractivity contribution is 7.13. The van der Waals surface area contributed by atoms with Crippen molar-refractivity contribution < 1.29 is 13.6 Å². The van der Waals surface area contributed by atoms with Crippen LogP contribution in [0.15, 0.2) is 24.3 Å². The van der Waals surface area contributed by atoms with Crippen molar-refractivity contribution in [2.45, 2.75) is 142 Å². The molecule has 10 heteroatoms. The summed E-state index contributed by atoms with van der Waals surface area (Å²) in [5.41, 5.74) is -1.07. The van der Waals surface area contributed by atoms with Crippen molar-refractivity contribution in [1.82, 2.24) is 0 Å². The van der Waals surface area contributed by atoms with Gasteiger partial charge in [0.1, 0.15) is 10.9 Å². The van der Waals surface area contributed by atoms with Gasteiger partial charge in [-0.2, -0.15) is 15.8 Å². The van der Waals surface area contributed by atoms with Crippen LogP contribution in [0.3, 0.4) is 0 Å². The fraction of sp³-hybridized carbons (Fsp3) is 0.684. The van der Waals surface area contributed by atoms with Gasteiger partial charge in [0.15, 0.2) is 22.9 Å². The number of hydrogen-bond donors (Lipinski definition) is 0. The van der Waals surface area contributed by atoms with Gasteiger partial charge in [-0.3, -0.25) is 4.79 Å². The molecule has 48 heavy (non-hydrogen) atoms. The highest BCUT2D eigenvalue weighted by Crippen LogP contribution is 2.43. The first-order valence-corrected chi connectivity index (χ1v) is 24.6. The molecule has 0 saturated heterocycles. The summed E-state index contributed by atoms with van der Waals surface area (Å²) in [5, 5.41) is 29.3. The number of aldehydes is 1. The van der Waals surface area contributed by atoms with Gasteiger partial charge in [0, 0.05) is 23.0 Å². The second-order valence-electron chi connectivity index (χ2n) is 16.5. The second kappa shape index (κ2) is 17.7. The van der Waals surface area contributed by atoms with E-state index < -0.39 is 27.5 Å². The summed E-state index contributed by atoms with van der Waals surface area (Å²) in [6, 6.07) is 14.8. The molecule has 0 aromatic carbocycles. The van der Waals surface area contributed by atoms with Crippen LogP contribution in [0.4, 0.5) is 0 Å². The number of carbonyl (C=O) groups excluding carboxylic acids is 1. The summed E-state index contributed by atoms with van der Waals surface area (Å²) in [5.74, 6) is 0.383. The predicted octanol–water partition coefficient (Wildman–Crippen LogP) is 11.6. The van der Waals surface area contributed by atoms with Crippen molar-refractivity contribution in [2.24, 2.45) is 11.8 Å². The van der Waals surface area contributed by atoms with Crippen molar-refractivity contribution in [3.8, 4) is 18.2 Å². The minimum Gasteiger partial charge on any atom is -0.417 e. The molecule has 0 radical (unpaired) electrons. The van der Waals surface area contributed by atoms with E-state index in [1.54, 1.807) is 0 Å². The Morgan fingerprint density at radius 1 is 0.708 bits per heavy atom. The SMILES string of the molecule is CC(C)C(C#N)(CCCO[Si](C)(C)C(C)(C)C)c1ccc(C#N)s1.CC(C)C(C#N)(CCCO[Si](C)(C)C(C)(C)C)c1ccc(C=O)s1. The molecule has 0 fully saturated rings. The molecular formula is C38H61N3O3S2Si2. The highest BCUT2D eigenvalue weighted by atomic mass is 32.1. The number of hydrogen-bond acceptors (Lipinski definition) is 8. The third-order valence-electron chi connectivity index (χ3n) is 10.7. The van der Waals surface area contributed by atoms with Crippen LogP contribution in [-0.4, -0.2) is 36.1 Å². The van der Waals surface area contributed by atoms with Crippen molar-refractivity contribution in [1.29, 1.82) is 15.8 Å². The van der Waals surface area contributed by atoms with Gasteiger partial charge in [-0.25, -0.2) is 0 Å². The third kappa shape index (κ3) is 10.9. The first kappa shape index (κ1) is 43.9. The summed E-state index contributed by atoms with van der Waals surface area (Å²) >= 11 is 2.88. The van der Waals surface area contributed by atoms with Gasteiger partial charge in [0.05, 0.1) is 27.8 Å². The fourth-order valence-electron chi connectivity index (χ4n) is 4.96. The summed E-state index contributed by atoms with van der Waals surface area (Å²) in [4.78, 5) is 14.3. The molecule has 2 aromatic rings. The van der Waals surface area contributed by atoms with Crippen LogP contribution in [0, 0.1) is 45.8 Å². The second-order valence-corrected chi connectivity index (χ2v) is 28.3. The number of carbonyl (C=O) groups is 1. The number of thiophene rings is 2. The third-order valence-corrected chi connectivity index (χ3v) is 22.1. The number of nitrogens with zero attached hydrogens (tertiary/aromatic N) is 3. The summed E-state index contributed by atoms with van der Waals surface area (Å²) in [7, 11) is -3.49. The molecular weight excluding hydrogens is 667 g/mol. The lowest BCUT2D eigenvalue weighted by molar-refractivity contribution is 0.112. The van der Waals surface area contributed by atoms with Crippen molar-refractivity contribution in [3.63, 3.8) is 0 Å². The Kier molecular flexibility index (Phi) is 16.2. The first-order valence-electron chi connectivity index (χ1n) is 17.2. The smallest absolute Gasteiger partial charge is 0.191 e. The molecule has 2 heterocycles. The molecule has 0 spiro atoms. The van der Waals surface area contributed by atoms with E-state index in [0.29, 0.717) is 23.0 Å². The zero-order chi connectivity index (χ0) is 37.2. The van der Waals surface area contributed by atoms with Crippen molar-refractivity contribution in [2.75, 3.05) is 13.2 Å². The minimum atomic E-state index is -1.75. The molecule has 2 unspecified atom stereocenters. The van der Waals surface area contributed by atoms with E-state index in [9.17, 15) is 15.3 Å². The van der Waals surface area contributed by atoms with Crippen LogP contribution in [0.5, 0.6) is 0 Å². The average molecular weight is 728 g/mol. The van der Waals surface area contributed by atoms with Crippen LogP contribution in [0.1, 0.15) is 119 Å². The van der Waals surface area contributed by atoms with Crippen molar-refractivity contribution >= 4 is 45.6 Å². The summed E-state index contributed by atoms with van der Waals surface area (Å²) in [6.07, 6.45) is 4.09. The number of rotatable bonds is 15. The molecule has 0 aliphatic rings. The molecule has 2 atom stereocenters. The van der Waals surface area contributed by atoms with Crippen molar-refractivity contribution in [3.05, 3.63) is 43.8 Å². The van der Waals surface area contributed by atoms with E-state index in [4.69, 9.17) is 14.1 Å². The Balaban J connectivity index is 0.000000480. The van der Waals surface area contributed by atoms with E-state index in [1.807, 2.05) is 24.3 Å². The fourth-order valence-corrected chi connectivity index (χ4v) is 9.39. The molecule has 0 aliphatic carbocycles. The Hall–Kier alpha value is -2.11. The quantitative estimate of drug-likeness (QED) is 0.103. The van der Waals surface area contributed by atoms with Crippen LogP contribution in [-0.2, 0) is 19.7 Å². The normalized spacial score (nSPS) is 15.0. The average Bonchev–Trinajstić information content (AvgIpc) is 3.67. The summed E-state index contributed by atoms with van der Waals surface area (Å²) in [6.45, 7) is 32.2. The van der Waals surface area contributed by atoms with Gasteiger partial charge in [-0.05, 0) is 98.0 Å². The molecule has 0 saturated carbocycles. The van der Waals surface area contributed by atoms with E-state index in [2.05, 4.69) is 114 Å². The highest BCUT2D eigenvalue weighted by Gasteiger charge is 2.41. The molecule has 0 aliphatic heterocycles. The van der Waals surface area contributed by atoms with Gasteiger partial charge < -0.3 is 8.85 Å². The van der Waals surface area contributed by atoms with Crippen LogP contribution in [0.2, 0.25) is 36.3 Å². The zero-order valence-corrected chi connectivity index (χ0v) is 35.8. The zero-order valence-electron chi connectivity index (χ0n) is 32.2. The van der Waals surface area contributed by atoms with Gasteiger partial charge in [0.25, 0.3) is 0 Å². The number of nitriles is 3. The lowest BCUT2D eigenvalue weighted by Crippen LogP contribution is -2.41. The first-order chi connectivity index (χ1) is 22.0. The standard InChI is InChI=1S/C19H30N2OSSi.C19H31NO2SSi/c1-15(2)19(14-21,17-10-9-16(13-20)23-17)11-8-12-22-24(6,7)18(3,4)5;1-15(2)19(14-20,17-10-9-16(13-21)23-17)11-8-12-22-24(6,7)18(3,4)5/h9-10,15H,8,11-12H2,1-7H3;9-10,13,15H,8,11-12H2,1-7H3. The predicted molar refractivity (Wildman–Crippen MR) is 208 cm³/mol. The Bertz CT molecular complexity index is 1450. The van der Waals surface area contributed by atoms with Gasteiger partial charge in [-0.1, -0.05) is 69.2 Å². The maximum Gasteiger partial charge on any atom is 0.191 e.